The van der Waals surface area contributed by atoms with Crippen LogP contribution in [-0.2, 0) is 19.2 Å². The smallest absolute Gasteiger partial charge is 0.255 e. The van der Waals surface area contributed by atoms with Crippen LogP contribution in [0.25, 0.3) is 0 Å². The van der Waals surface area contributed by atoms with E-state index in [1.54, 1.807) is 6.07 Å². The molecule has 4 aromatic carbocycles. The van der Waals surface area contributed by atoms with Gasteiger partial charge in [-0.05, 0) is 169 Å². The van der Waals surface area contributed by atoms with Gasteiger partial charge in [0.2, 0.25) is 23.6 Å². The average Bonchev–Trinajstić information content (AvgIpc) is 2.09. The molecule has 21 N–H and O–H groups in total. The predicted molar refractivity (Wildman–Crippen MR) is 318 cm³/mol. The lowest BCUT2D eigenvalue weighted by molar-refractivity contribution is -0.119. The number of carbonyl (C=O) groups excluding carboxylic acids is 8. The molecule has 0 radical (unpaired) electrons. The van der Waals surface area contributed by atoms with Gasteiger partial charge in [-0.2, -0.15) is 0 Å². The molecule has 5 rings (SSSR count). The Morgan fingerprint density at radius 2 is 0.845 bits per heavy atom. The van der Waals surface area contributed by atoms with E-state index < -0.39 is 70.9 Å². The Bertz CT molecular complexity index is 3030. The number of unbranched alkanes of at least 4 members (excludes halogenated alkanes) is 2. The summed E-state index contributed by atoms with van der Waals surface area (Å²) in [5, 5.41) is 19.3. The fourth-order valence-corrected chi connectivity index (χ4v) is 9.16. The number of aliphatic imine (C=N–C) groups is 1. The first kappa shape index (κ1) is 65.8. The van der Waals surface area contributed by atoms with Gasteiger partial charge in [0, 0.05) is 29.3 Å². The summed E-state index contributed by atoms with van der Waals surface area (Å²) < 4.78 is 21.7. The van der Waals surface area contributed by atoms with E-state index in [1.807, 2.05) is 0 Å². The molecule has 1 aliphatic rings. The number of ether oxygens (including phenoxy) is 4. The maximum atomic E-state index is 14.3. The Morgan fingerprint density at radius 3 is 1.19 bits per heavy atom. The van der Waals surface area contributed by atoms with Crippen LogP contribution in [0.3, 0.4) is 0 Å². The molecule has 1 saturated carbocycles. The molecule has 0 heterocycles. The van der Waals surface area contributed by atoms with Crippen molar-refractivity contribution in [1.82, 2.24) is 16.0 Å². The fourth-order valence-electron chi connectivity index (χ4n) is 9.16. The van der Waals surface area contributed by atoms with E-state index in [2.05, 4.69) is 42.2 Å². The second kappa shape index (κ2) is 32.0. The molecule has 0 spiro atoms. The molecule has 1 aliphatic carbocycles. The SMILES string of the molecule is COc1ccc(NC(=O)[C@H](CCCN=C(N)N)NC(=O)c2cc(NC(=O)[C@H](CCCCN)NC(=O)c3cc(NC(=O)[C@H](CCCCN)NC(=O)c4cc(NC(=O)C5(N)CC5CCCN)ccc4OC)ccc3OC)ccc2OC)cc1C(N)=O. The largest absolute Gasteiger partial charge is 0.496 e. The van der Waals surface area contributed by atoms with Crippen molar-refractivity contribution in [3.63, 3.8) is 0 Å². The highest BCUT2D eigenvalue weighted by atomic mass is 16.5. The molecule has 84 heavy (non-hydrogen) atoms. The third-order valence-corrected chi connectivity index (χ3v) is 13.9. The first-order valence-corrected chi connectivity index (χ1v) is 27.4. The van der Waals surface area contributed by atoms with E-state index in [0.717, 1.165) is 6.42 Å². The minimum Gasteiger partial charge on any atom is -0.496 e. The number of methoxy groups -OCH3 is 4. The molecular weight excluding hydrogens is 1090 g/mol. The highest BCUT2D eigenvalue weighted by Gasteiger charge is 2.56. The Labute approximate surface area is 487 Å². The number of guanidine groups is 1. The van der Waals surface area contributed by atoms with Gasteiger partial charge in [-0.1, -0.05) is 0 Å². The van der Waals surface area contributed by atoms with Gasteiger partial charge in [0.25, 0.3) is 23.6 Å². The number of nitrogens with one attached hydrogen (secondary N) is 7. The average molecular weight is 1170 g/mol. The summed E-state index contributed by atoms with van der Waals surface area (Å²) in [7, 11) is 5.41. The van der Waals surface area contributed by atoms with Crippen molar-refractivity contribution < 1.29 is 57.3 Å². The van der Waals surface area contributed by atoms with Crippen LogP contribution < -0.4 is 96.3 Å². The summed E-state index contributed by atoms with van der Waals surface area (Å²) in [6.07, 6.45) is 4.46. The van der Waals surface area contributed by atoms with Crippen LogP contribution in [0.15, 0.2) is 77.8 Å². The monoisotopic (exact) mass is 1170 g/mol. The second-order valence-electron chi connectivity index (χ2n) is 19.9. The molecular formula is C57H79N15O12. The number of hydrogen-bond donors (Lipinski definition) is 14. The van der Waals surface area contributed by atoms with E-state index in [-0.39, 0.29) is 106 Å². The van der Waals surface area contributed by atoms with Gasteiger partial charge >= 0.3 is 0 Å². The Balaban J connectivity index is 1.33. The van der Waals surface area contributed by atoms with Crippen molar-refractivity contribution in [3.05, 3.63) is 95.1 Å². The van der Waals surface area contributed by atoms with E-state index >= 15 is 0 Å². The summed E-state index contributed by atoms with van der Waals surface area (Å²) in [6, 6.07) is 13.8. The molecule has 0 saturated heterocycles. The van der Waals surface area contributed by atoms with Gasteiger partial charge in [-0.3, -0.25) is 43.3 Å². The van der Waals surface area contributed by atoms with Gasteiger partial charge in [0.1, 0.15) is 41.1 Å². The summed E-state index contributed by atoms with van der Waals surface area (Å²) in [4.78, 5) is 114. The predicted octanol–water partition coefficient (Wildman–Crippen LogP) is 1.74. The normalized spacial score (nSPS) is 15.1. The highest BCUT2D eigenvalue weighted by Crippen LogP contribution is 2.45. The molecule has 1 fully saturated rings. The minimum atomic E-state index is -1.20. The summed E-state index contributed by atoms with van der Waals surface area (Å²) >= 11 is 0. The van der Waals surface area contributed by atoms with E-state index in [0.29, 0.717) is 63.8 Å². The van der Waals surface area contributed by atoms with E-state index in [4.69, 9.17) is 59.1 Å². The molecule has 5 atom stereocenters. The van der Waals surface area contributed by atoms with Crippen molar-refractivity contribution in [1.29, 1.82) is 0 Å². The van der Waals surface area contributed by atoms with Crippen LogP contribution in [0.2, 0.25) is 0 Å². The fraction of sp³-hybridized carbons (Fsp3) is 0.421. The molecule has 27 nitrogen and oxygen atoms in total. The van der Waals surface area contributed by atoms with Crippen molar-refractivity contribution in [2.75, 3.05) is 75.9 Å². The van der Waals surface area contributed by atoms with Crippen LogP contribution in [0.4, 0.5) is 22.7 Å². The number of nitrogens with zero attached hydrogens (tertiary/aromatic N) is 1. The van der Waals surface area contributed by atoms with E-state index in [9.17, 15) is 38.4 Å². The molecule has 0 bridgehead atoms. The van der Waals surface area contributed by atoms with Crippen molar-refractivity contribution in [2.45, 2.75) is 94.3 Å². The number of hydrogen-bond acceptors (Lipinski definition) is 17. The minimum absolute atomic E-state index is 0.00677. The molecule has 8 amide bonds. The number of primary amides is 1. The lowest BCUT2D eigenvalue weighted by Crippen LogP contribution is -2.44. The van der Waals surface area contributed by atoms with Crippen molar-refractivity contribution in [3.8, 4) is 23.0 Å². The van der Waals surface area contributed by atoms with Crippen LogP contribution in [0.5, 0.6) is 23.0 Å². The molecule has 27 heteroatoms. The number of nitrogens with two attached hydrogens (primary N) is 7. The van der Waals surface area contributed by atoms with Gasteiger partial charge in [-0.15, -0.1) is 0 Å². The third kappa shape index (κ3) is 18.5. The molecule has 0 aromatic heterocycles. The zero-order chi connectivity index (χ0) is 61.5. The number of anilines is 4. The molecule has 2 unspecified atom stereocenters. The standard InChI is InChI=1S/C57H79N15O12/c1-81-44-19-15-33(27-37(44)48(61)73)66-54(79)43(14-10-26-65-56(62)63)72-50(75)39-29-35(17-21-46(39)83-3)68-52(77)41(12-5-7-23-58)70-49(74)38-28-34(16-20-45(38)82-2)67-53(78)42(13-6-8-24-59)71-51(76)40-30-36(18-22-47(40)84-4)69-55(80)57(64)31-32(57)11-9-25-60/h15-22,27-30,32,41-43H,5-14,23-26,31,58-60,64H2,1-4H3,(H2,61,73)(H,66,79)(H,67,78)(H,68,77)(H,69,80)(H,70,74)(H,71,76)(H,72,75)(H4,62,63,65)/t32?,41-,42-,43-,57?/m0/s1. The van der Waals surface area contributed by atoms with E-state index in [1.165, 1.54) is 95.2 Å². The third-order valence-electron chi connectivity index (χ3n) is 13.9. The molecule has 4 aromatic rings. The van der Waals surface area contributed by atoms with Crippen LogP contribution >= 0.6 is 0 Å². The lowest BCUT2D eigenvalue weighted by atomic mass is 10.1. The van der Waals surface area contributed by atoms with Gasteiger partial charge in [0.15, 0.2) is 5.96 Å². The number of amides is 8. The quantitative estimate of drug-likeness (QED) is 0.0180. The maximum Gasteiger partial charge on any atom is 0.255 e. The summed E-state index contributed by atoms with van der Waals surface area (Å²) in [6.45, 7) is 1.24. The lowest BCUT2D eigenvalue weighted by Gasteiger charge is -2.22. The number of carbonyl (C=O) groups is 8. The van der Waals surface area contributed by atoms with Crippen molar-refractivity contribution >= 4 is 76.0 Å². The van der Waals surface area contributed by atoms with Gasteiger partial charge in [0.05, 0.1) is 56.2 Å². The zero-order valence-corrected chi connectivity index (χ0v) is 47.7. The zero-order valence-electron chi connectivity index (χ0n) is 47.7. The van der Waals surface area contributed by atoms with Crippen LogP contribution in [0, 0.1) is 5.92 Å². The second-order valence-corrected chi connectivity index (χ2v) is 19.9. The Kier molecular flexibility index (Phi) is 25.0. The maximum absolute atomic E-state index is 14.3. The summed E-state index contributed by atoms with van der Waals surface area (Å²) in [5.41, 5.74) is 39.8. The van der Waals surface area contributed by atoms with Gasteiger partial charge in [-0.25, -0.2) is 0 Å². The van der Waals surface area contributed by atoms with Gasteiger partial charge < -0.3 is 96.3 Å². The number of benzene rings is 4. The first-order valence-electron chi connectivity index (χ1n) is 27.4. The topological polar surface area (TPSA) is 452 Å². The van der Waals surface area contributed by atoms with Crippen molar-refractivity contribution in [2.24, 2.45) is 51.0 Å². The first-order chi connectivity index (χ1) is 40.2. The van der Waals surface area contributed by atoms with Crippen LogP contribution in [0.1, 0.15) is 112 Å². The number of rotatable bonds is 34. The Morgan fingerprint density at radius 1 is 0.500 bits per heavy atom. The summed E-state index contributed by atoms with van der Waals surface area (Å²) in [5.74, 6) is -5.01. The highest BCUT2D eigenvalue weighted by molar-refractivity contribution is 6.08. The Hall–Kier alpha value is -9.05. The molecule has 454 valence electrons. The molecule has 0 aliphatic heterocycles. The van der Waals surface area contributed by atoms with Crippen LogP contribution in [-0.4, -0.2) is 131 Å².